The molecule has 9 heteroatoms. The Kier molecular flexibility index (Phi) is 8.78. The molecule has 2 N–H and O–H groups in total. The predicted octanol–water partition coefficient (Wildman–Crippen LogP) is 1.35. The first-order chi connectivity index (χ1) is 13.9. The summed E-state index contributed by atoms with van der Waals surface area (Å²) in [4.78, 5) is 30.8. The Balaban J connectivity index is 2.28. The molecule has 0 aliphatic rings. The molecule has 2 aromatic rings. The summed E-state index contributed by atoms with van der Waals surface area (Å²) in [5.74, 6) is 0.410. The Bertz CT molecular complexity index is 798. The number of methoxy groups -OCH3 is 1. The predicted molar refractivity (Wildman–Crippen MR) is 113 cm³/mol. The normalized spacial score (nSPS) is 11.0. The van der Waals surface area contributed by atoms with Crippen molar-refractivity contribution in [3.63, 3.8) is 0 Å². The fourth-order valence-corrected chi connectivity index (χ4v) is 2.51. The second-order valence-corrected chi connectivity index (χ2v) is 6.97. The van der Waals surface area contributed by atoms with Crippen LogP contribution in [0.15, 0.2) is 30.5 Å². The summed E-state index contributed by atoms with van der Waals surface area (Å²) in [6.07, 6.45) is 1.61. The third kappa shape index (κ3) is 6.97. The van der Waals surface area contributed by atoms with Crippen LogP contribution >= 0.6 is 0 Å². The van der Waals surface area contributed by atoms with Crippen molar-refractivity contribution in [2.45, 2.75) is 0 Å². The maximum Gasteiger partial charge on any atom is 0.376 e. The molecule has 0 aliphatic carbocycles. The molecule has 1 aromatic heterocycles. The van der Waals surface area contributed by atoms with Gasteiger partial charge in [-0.2, -0.15) is 5.48 Å². The van der Waals surface area contributed by atoms with Crippen LogP contribution in [0.4, 0.5) is 5.95 Å². The second kappa shape index (κ2) is 11.3. The lowest BCUT2D eigenvalue weighted by Gasteiger charge is -2.15. The summed E-state index contributed by atoms with van der Waals surface area (Å²) in [5.41, 5.74) is 4.11. The fraction of sp³-hybridized carbons (Fsp3) is 0.450. The van der Waals surface area contributed by atoms with Crippen molar-refractivity contribution in [1.82, 2.24) is 25.2 Å². The highest BCUT2D eigenvalue weighted by atomic mass is 16.7. The highest BCUT2D eigenvalue weighted by Crippen LogP contribution is 2.31. The molecule has 0 atom stereocenters. The number of aromatic nitrogens is 2. The van der Waals surface area contributed by atoms with E-state index in [4.69, 9.17) is 9.57 Å². The zero-order valence-corrected chi connectivity index (χ0v) is 17.7. The van der Waals surface area contributed by atoms with E-state index in [0.29, 0.717) is 30.4 Å². The molecule has 158 valence electrons. The molecule has 0 bridgehead atoms. The maximum absolute atomic E-state index is 12.8. The average molecular weight is 402 g/mol. The number of nitrogens with zero attached hydrogens (tertiary/aromatic N) is 4. The minimum Gasteiger partial charge on any atom is -0.496 e. The van der Waals surface area contributed by atoms with Crippen LogP contribution in [0.25, 0.3) is 11.1 Å². The minimum absolute atomic E-state index is 0.161. The Hall–Kier alpha value is -2.75. The Morgan fingerprint density at radius 2 is 1.72 bits per heavy atom. The number of benzene rings is 1. The van der Waals surface area contributed by atoms with Gasteiger partial charge in [-0.3, -0.25) is 0 Å². The number of hydrogen-bond acceptors (Lipinski definition) is 9. The van der Waals surface area contributed by atoms with Crippen molar-refractivity contribution in [2.24, 2.45) is 0 Å². The van der Waals surface area contributed by atoms with E-state index in [2.05, 4.69) is 20.8 Å². The molecular formula is C20H30N6O3. The van der Waals surface area contributed by atoms with Crippen molar-refractivity contribution >= 4 is 11.9 Å². The fourth-order valence-electron chi connectivity index (χ4n) is 2.51. The van der Waals surface area contributed by atoms with Crippen LogP contribution in [0, 0.1) is 0 Å². The highest BCUT2D eigenvalue weighted by molar-refractivity contribution is 5.96. The number of anilines is 1. The smallest absolute Gasteiger partial charge is 0.376 e. The van der Waals surface area contributed by atoms with E-state index in [1.807, 2.05) is 62.3 Å². The lowest BCUT2D eigenvalue weighted by atomic mass is 10.0. The first-order valence-electron chi connectivity index (χ1n) is 9.40. The summed E-state index contributed by atoms with van der Waals surface area (Å²) >= 11 is 0. The Labute approximate surface area is 172 Å². The van der Waals surface area contributed by atoms with Crippen LogP contribution in [0.1, 0.15) is 10.5 Å². The van der Waals surface area contributed by atoms with E-state index in [0.717, 1.165) is 18.7 Å². The van der Waals surface area contributed by atoms with Gasteiger partial charge in [-0.1, -0.05) is 18.2 Å². The molecule has 0 saturated heterocycles. The average Bonchev–Trinajstić information content (AvgIpc) is 2.70. The molecule has 0 spiro atoms. The lowest BCUT2D eigenvalue weighted by molar-refractivity contribution is 0.0237. The van der Waals surface area contributed by atoms with E-state index in [1.165, 1.54) is 0 Å². The molecule has 1 aromatic carbocycles. The van der Waals surface area contributed by atoms with Crippen LogP contribution in [0.3, 0.4) is 0 Å². The topological polar surface area (TPSA) is 91.8 Å². The number of hydrogen-bond donors (Lipinski definition) is 2. The van der Waals surface area contributed by atoms with Gasteiger partial charge >= 0.3 is 5.97 Å². The summed E-state index contributed by atoms with van der Waals surface area (Å²) < 4.78 is 5.43. The number of carbonyl (C=O) groups excluding carboxylic acids is 1. The largest absolute Gasteiger partial charge is 0.496 e. The molecule has 0 aliphatic heterocycles. The van der Waals surface area contributed by atoms with E-state index in [-0.39, 0.29) is 5.69 Å². The van der Waals surface area contributed by atoms with Gasteiger partial charge in [0.15, 0.2) is 5.69 Å². The van der Waals surface area contributed by atoms with Crippen molar-refractivity contribution < 1.29 is 14.4 Å². The SMILES string of the molecule is COc1ccccc1-c1cnc(NCCN(C)C)nc1C(=O)ONCCN(C)C. The van der Waals surface area contributed by atoms with Crippen LogP contribution in [0.5, 0.6) is 5.75 Å². The van der Waals surface area contributed by atoms with Crippen LogP contribution in [-0.4, -0.2) is 87.2 Å². The molecule has 1 heterocycles. The zero-order valence-electron chi connectivity index (χ0n) is 17.7. The number of likely N-dealkylation sites (N-methyl/N-ethyl adjacent to an activating group) is 2. The van der Waals surface area contributed by atoms with Gasteiger partial charge in [0.2, 0.25) is 5.95 Å². The van der Waals surface area contributed by atoms with E-state index in [9.17, 15) is 4.79 Å². The maximum atomic E-state index is 12.8. The molecule has 29 heavy (non-hydrogen) atoms. The van der Waals surface area contributed by atoms with Gasteiger partial charge in [-0.25, -0.2) is 14.8 Å². The summed E-state index contributed by atoms with van der Waals surface area (Å²) in [5, 5.41) is 3.13. The summed E-state index contributed by atoms with van der Waals surface area (Å²) in [6, 6.07) is 7.41. The zero-order chi connectivity index (χ0) is 21.2. The number of para-hydroxylation sites is 1. The summed E-state index contributed by atoms with van der Waals surface area (Å²) in [7, 11) is 9.43. The molecule has 2 rings (SSSR count). The number of carbonyl (C=O) groups is 1. The van der Waals surface area contributed by atoms with Gasteiger partial charge < -0.3 is 24.7 Å². The van der Waals surface area contributed by atoms with Crippen LogP contribution in [-0.2, 0) is 4.84 Å². The van der Waals surface area contributed by atoms with E-state index >= 15 is 0 Å². The summed E-state index contributed by atoms with van der Waals surface area (Å²) in [6.45, 7) is 2.69. The molecule has 0 amide bonds. The Morgan fingerprint density at radius 1 is 1.03 bits per heavy atom. The van der Waals surface area contributed by atoms with Gasteiger partial charge in [0, 0.05) is 43.5 Å². The van der Waals surface area contributed by atoms with Crippen molar-refractivity contribution in [3.05, 3.63) is 36.2 Å². The third-order valence-corrected chi connectivity index (χ3v) is 4.05. The number of rotatable bonds is 11. The van der Waals surface area contributed by atoms with Crippen molar-refractivity contribution in [2.75, 3.05) is 66.8 Å². The Morgan fingerprint density at radius 3 is 2.41 bits per heavy atom. The first-order valence-corrected chi connectivity index (χ1v) is 9.40. The van der Waals surface area contributed by atoms with Crippen LogP contribution < -0.4 is 15.5 Å². The van der Waals surface area contributed by atoms with E-state index < -0.39 is 5.97 Å². The number of nitrogens with one attached hydrogen (secondary N) is 2. The first kappa shape index (κ1) is 22.5. The second-order valence-electron chi connectivity index (χ2n) is 6.97. The van der Waals surface area contributed by atoms with Gasteiger partial charge in [0.05, 0.1) is 7.11 Å². The van der Waals surface area contributed by atoms with Gasteiger partial charge in [0.25, 0.3) is 0 Å². The van der Waals surface area contributed by atoms with Crippen LogP contribution in [0.2, 0.25) is 0 Å². The highest BCUT2D eigenvalue weighted by Gasteiger charge is 2.20. The molecule has 0 fully saturated rings. The molecule has 9 nitrogen and oxygen atoms in total. The van der Waals surface area contributed by atoms with Gasteiger partial charge in [0.1, 0.15) is 5.75 Å². The van der Waals surface area contributed by atoms with Gasteiger partial charge in [-0.15, -0.1) is 0 Å². The molecule has 0 saturated carbocycles. The number of hydroxylamine groups is 1. The molecule has 0 radical (unpaired) electrons. The van der Waals surface area contributed by atoms with E-state index in [1.54, 1.807) is 13.3 Å². The monoisotopic (exact) mass is 402 g/mol. The van der Waals surface area contributed by atoms with Crippen molar-refractivity contribution in [1.29, 1.82) is 0 Å². The molecular weight excluding hydrogens is 372 g/mol. The minimum atomic E-state index is -0.581. The van der Waals surface area contributed by atoms with Gasteiger partial charge in [-0.05, 0) is 34.3 Å². The lowest BCUT2D eigenvalue weighted by Crippen LogP contribution is -2.29. The van der Waals surface area contributed by atoms with Crippen molar-refractivity contribution in [3.8, 4) is 16.9 Å². The number of ether oxygens (including phenoxy) is 1. The standard InChI is InChI=1S/C20H30N6O3/c1-25(2)12-10-21-20-22-14-16(15-8-6-7-9-17(15)28-5)18(24-20)19(27)29-23-11-13-26(3)4/h6-9,14,23H,10-13H2,1-5H3,(H,21,22,24). The molecule has 0 unspecified atom stereocenters. The quantitative estimate of drug-likeness (QED) is 0.427. The third-order valence-electron chi connectivity index (χ3n) is 4.05.